The number of ether oxygens (including phenoxy) is 1. The zero-order valence-electron chi connectivity index (χ0n) is 27.4. The van der Waals surface area contributed by atoms with Crippen LogP contribution in [0.15, 0.2) is 180 Å². The van der Waals surface area contributed by atoms with Gasteiger partial charge < -0.3 is 15.0 Å². The molecule has 4 atom stereocenters. The number of fused-ring (bicyclic) bond motifs is 8. The monoisotopic (exact) mass is 646 g/mol. The molecule has 0 saturated heterocycles. The summed E-state index contributed by atoms with van der Waals surface area (Å²) in [5.41, 5.74) is 10.3. The second kappa shape index (κ2) is 11.7. The number of benzene rings is 5. The van der Waals surface area contributed by atoms with Gasteiger partial charge in [-0.3, -0.25) is 0 Å². The van der Waals surface area contributed by atoms with E-state index in [0.717, 1.165) is 57.6 Å². The standard InChI is InChI=1S/C45H34N4O/c1-3-13-29(14-4-1)43-46-44(30-15-5-2-6-16-30)48-45(47-43)31-23-25-32(26-24-31)49-39-21-11-9-19-35(39)37-27-28-38-34-18-8-7-17-33(34)36-20-10-12-22-40(36)50-42(38)41(37)49/h1-15,17-28,30,37,41,44H,16H2,(H,46,47,48). The Hall–Kier alpha value is -6.20. The molecule has 0 spiro atoms. The molecule has 0 aromatic heterocycles. The second-order valence-corrected chi connectivity index (χ2v) is 13.3. The van der Waals surface area contributed by atoms with E-state index in [1.165, 1.54) is 22.4 Å². The lowest BCUT2D eigenvalue weighted by Crippen LogP contribution is -2.39. The first-order valence-corrected chi connectivity index (χ1v) is 17.4. The summed E-state index contributed by atoms with van der Waals surface area (Å²) in [6.07, 6.45) is 14.0. The van der Waals surface area contributed by atoms with E-state index in [1.54, 1.807) is 0 Å². The van der Waals surface area contributed by atoms with E-state index in [9.17, 15) is 0 Å². The Kier molecular flexibility index (Phi) is 6.76. The van der Waals surface area contributed by atoms with Crippen LogP contribution in [-0.4, -0.2) is 23.9 Å². The van der Waals surface area contributed by atoms with Gasteiger partial charge >= 0.3 is 0 Å². The summed E-state index contributed by atoms with van der Waals surface area (Å²) >= 11 is 0. The van der Waals surface area contributed by atoms with E-state index >= 15 is 0 Å². The van der Waals surface area contributed by atoms with Crippen LogP contribution in [0.1, 0.15) is 34.6 Å². The molecular weight excluding hydrogens is 613 g/mol. The van der Waals surface area contributed by atoms with Crippen molar-refractivity contribution in [1.29, 1.82) is 0 Å². The Morgan fingerprint density at radius 3 is 2.14 bits per heavy atom. The highest BCUT2D eigenvalue weighted by molar-refractivity contribution is 6.16. The molecule has 5 aromatic rings. The van der Waals surface area contributed by atoms with Crippen molar-refractivity contribution in [3.05, 3.63) is 192 Å². The average Bonchev–Trinajstić information content (AvgIpc) is 3.46. The second-order valence-electron chi connectivity index (χ2n) is 13.3. The zero-order valence-corrected chi connectivity index (χ0v) is 27.4. The van der Waals surface area contributed by atoms with Crippen LogP contribution in [0.2, 0.25) is 0 Å². The smallest absolute Gasteiger partial charge is 0.150 e. The Labute approximate surface area is 292 Å². The lowest BCUT2D eigenvalue weighted by molar-refractivity contribution is 0.380. The first-order chi connectivity index (χ1) is 24.8. The summed E-state index contributed by atoms with van der Waals surface area (Å²) in [5, 5.41) is 3.58. The van der Waals surface area contributed by atoms with E-state index < -0.39 is 0 Å². The van der Waals surface area contributed by atoms with Crippen LogP contribution in [0.4, 0.5) is 11.4 Å². The molecule has 0 saturated carbocycles. The molecule has 5 nitrogen and oxygen atoms in total. The van der Waals surface area contributed by atoms with Crippen molar-refractivity contribution in [2.45, 2.75) is 24.5 Å². The Morgan fingerprint density at radius 2 is 1.34 bits per heavy atom. The number of allylic oxidation sites excluding steroid dienone is 5. The molecule has 5 aromatic carbocycles. The normalized spacial score (nSPS) is 22.5. The van der Waals surface area contributed by atoms with Gasteiger partial charge in [-0.05, 0) is 59.5 Å². The Bertz CT molecular complexity index is 2330. The maximum absolute atomic E-state index is 7.02. The van der Waals surface area contributed by atoms with Crippen molar-refractivity contribution in [2.75, 3.05) is 4.90 Å². The zero-order chi connectivity index (χ0) is 33.0. The van der Waals surface area contributed by atoms with Crippen molar-refractivity contribution in [2.24, 2.45) is 15.9 Å². The van der Waals surface area contributed by atoms with Crippen LogP contribution in [0, 0.1) is 5.92 Å². The minimum absolute atomic E-state index is 0.0463. The molecule has 0 fully saturated rings. The lowest BCUT2D eigenvalue weighted by Gasteiger charge is -2.34. The molecule has 10 rings (SSSR count). The summed E-state index contributed by atoms with van der Waals surface area (Å²) in [5.74, 6) is 3.92. The molecule has 3 aliphatic heterocycles. The number of rotatable bonds is 4. The van der Waals surface area contributed by atoms with E-state index in [1.807, 2.05) is 6.07 Å². The number of hydrogen-bond acceptors (Lipinski definition) is 5. The molecule has 1 N–H and O–H groups in total. The first-order valence-electron chi connectivity index (χ1n) is 17.4. The van der Waals surface area contributed by atoms with Crippen LogP contribution in [0.5, 0.6) is 5.75 Å². The van der Waals surface area contributed by atoms with Gasteiger partial charge in [0.05, 0.1) is 0 Å². The average molecular weight is 647 g/mol. The number of amidine groups is 2. The summed E-state index contributed by atoms with van der Waals surface area (Å²) < 4.78 is 7.02. The van der Waals surface area contributed by atoms with Crippen LogP contribution >= 0.6 is 0 Å². The Morgan fingerprint density at radius 1 is 0.640 bits per heavy atom. The van der Waals surface area contributed by atoms with Gasteiger partial charge in [-0.1, -0.05) is 127 Å². The number of para-hydroxylation sites is 2. The minimum Gasteiger partial charge on any atom is -0.458 e. The van der Waals surface area contributed by atoms with Gasteiger partial charge in [0, 0.05) is 45.5 Å². The lowest BCUT2D eigenvalue weighted by atomic mass is 9.84. The summed E-state index contributed by atoms with van der Waals surface area (Å²) in [7, 11) is 0. The molecule has 5 aliphatic rings. The highest BCUT2D eigenvalue weighted by atomic mass is 16.5. The number of hydrogen-bond donors (Lipinski definition) is 1. The van der Waals surface area contributed by atoms with Crippen molar-refractivity contribution >= 4 is 28.6 Å². The molecule has 0 radical (unpaired) electrons. The largest absolute Gasteiger partial charge is 0.458 e. The molecule has 5 heteroatoms. The fraction of sp³-hybridized carbons (Fsp3) is 0.111. The molecule has 3 heterocycles. The van der Waals surface area contributed by atoms with Gasteiger partial charge in [0.1, 0.15) is 29.2 Å². The number of nitrogens with zero attached hydrogens (tertiary/aromatic N) is 3. The predicted molar refractivity (Wildman–Crippen MR) is 203 cm³/mol. The van der Waals surface area contributed by atoms with Gasteiger partial charge in [-0.2, -0.15) is 0 Å². The quantitative estimate of drug-likeness (QED) is 0.212. The van der Waals surface area contributed by atoms with Crippen molar-refractivity contribution in [1.82, 2.24) is 5.32 Å². The third-order valence-corrected chi connectivity index (χ3v) is 10.4. The molecule has 240 valence electrons. The van der Waals surface area contributed by atoms with Gasteiger partial charge in [-0.15, -0.1) is 0 Å². The molecular formula is C45H34N4O. The van der Waals surface area contributed by atoms with Gasteiger partial charge in [0.25, 0.3) is 0 Å². The topological polar surface area (TPSA) is 49.2 Å². The van der Waals surface area contributed by atoms with Gasteiger partial charge in [0.15, 0.2) is 6.17 Å². The molecule has 4 unspecified atom stereocenters. The molecule has 0 bridgehead atoms. The third kappa shape index (κ3) is 4.69. The van der Waals surface area contributed by atoms with Crippen LogP contribution in [-0.2, 0) is 0 Å². The minimum atomic E-state index is -0.203. The summed E-state index contributed by atoms with van der Waals surface area (Å²) in [6.45, 7) is 0. The summed E-state index contributed by atoms with van der Waals surface area (Å²) in [4.78, 5) is 12.7. The van der Waals surface area contributed by atoms with Gasteiger partial charge in [-0.25, -0.2) is 9.98 Å². The van der Waals surface area contributed by atoms with Crippen molar-refractivity contribution in [3.8, 4) is 16.9 Å². The summed E-state index contributed by atoms with van der Waals surface area (Å²) in [6, 6.07) is 44.9. The third-order valence-electron chi connectivity index (χ3n) is 10.4. The molecule has 0 amide bonds. The van der Waals surface area contributed by atoms with Crippen LogP contribution in [0.25, 0.3) is 16.7 Å². The fourth-order valence-corrected chi connectivity index (χ4v) is 8.04. The van der Waals surface area contributed by atoms with E-state index in [0.29, 0.717) is 0 Å². The Balaban J connectivity index is 1.05. The highest BCUT2D eigenvalue weighted by Crippen LogP contribution is 2.54. The van der Waals surface area contributed by atoms with Crippen molar-refractivity contribution < 1.29 is 4.74 Å². The maximum atomic E-state index is 7.02. The number of nitrogens with one attached hydrogen (secondary N) is 1. The van der Waals surface area contributed by atoms with E-state index in [4.69, 9.17) is 14.7 Å². The van der Waals surface area contributed by atoms with Crippen molar-refractivity contribution in [3.63, 3.8) is 0 Å². The highest BCUT2D eigenvalue weighted by Gasteiger charge is 2.45. The van der Waals surface area contributed by atoms with Gasteiger partial charge in [0.2, 0.25) is 0 Å². The van der Waals surface area contributed by atoms with Crippen LogP contribution in [0.3, 0.4) is 0 Å². The van der Waals surface area contributed by atoms with E-state index in [-0.39, 0.29) is 24.0 Å². The maximum Gasteiger partial charge on any atom is 0.150 e. The molecule has 2 aliphatic carbocycles. The first kappa shape index (κ1) is 28.8. The fourth-order valence-electron chi connectivity index (χ4n) is 8.04. The predicted octanol–water partition coefficient (Wildman–Crippen LogP) is 9.59. The number of anilines is 2. The molecule has 50 heavy (non-hydrogen) atoms. The van der Waals surface area contributed by atoms with Crippen LogP contribution < -0.4 is 15.0 Å². The SMILES string of the molecule is C1=CCC(C2N=C(c3ccccc3)NC(c3ccc(N4c5ccccc5C5C=CC6=C(Oc7ccccc7-c7ccccc76)C54)cc3)=N2)C=C1. The number of aliphatic imine (C=N–C) groups is 2. The van der Waals surface area contributed by atoms with E-state index in [2.05, 4.69) is 168 Å².